The van der Waals surface area contributed by atoms with Crippen LogP contribution in [-0.4, -0.2) is 35.0 Å². The summed E-state index contributed by atoms with van der Waals surface area (Å²) in [5.74, 6) is 0.736. The van der Waals surface area contributed by atoms with E-state index in [4.69, 9.17) is 5.11 Å². The molecule has 2 fully saturated rings. The van der Waals surface area contributed by atoms with Crippen LogP contribution in [0.1, 0.15) is 19.3 Å². The van der Waals surface area contributed by atoms with Crippen molar-refractivity contribution >= 4 is 12.4 Å². The van der Waals surface area contributed by atoms with Crippen molar-refractivity contribution in [2.24, 2.45) is 11.8 Å². The van der Waals surface area contributed by atoms with Gasteiger partial charge in [-0.3, -0.25) is 4.90 Å². The van der Waals surface area contributed by atoms with Gasteiger partial charge in [0.25, 0.3) is 0 Å². The molecule has 13 heavy (non-hydrogen) atoms. The van der Waals surface area contributed by atoms with Gasteiger partial charge in [-0.15, -0.1) is 0 Å². The topological polar surface area (TPSA) is 57.6 Å². The lowest BCUT2D eigenvalue weighted by molar-refractivity contribution is -0.112. The summed E-state index contributed by atoms with van der Waals surface area (Å²) in [5.41, 5.74) is 0. The summed E-state index contributed by atoms with van der Waals surface area (Å²) in [4.78, 5) is 22.8. The maximum absolute atomic E-state index is 10.8. The van der Waals surface area contributed by atoms with Crippen LogP contribution >= 0.6 is 0 Å². The third kappa shape index (κ3) is 1.20. The summed E-state index contributed by atoms with van der Waals surface area (Å²) in [7, 11) is 0. The van der Waals surface area contributed by atoms with E-state index in [1.54, 1.807) is 0 Å². The first-order chi connectivity index (χ1) is 6.24. The molecule has 3 atom stereocenters. The summed E-state index contributed by atoms with van der Waals surface area (Å²) >= 11 is 0. The van der Waals surface area contributed by atoms with Crippen molar-refractivity contribution in [2.75, 3.05) is 6.54 Å². The van der Waals surface area contributed by atoms with E-state index in [1.165, 1.54) is 4.90 Å². The number of aldehydes is 1. The molecule has 1 aliphatic carbocycles. The number of hydrogen-bond donors (Lipinski definition) is 1. The van der Waals surface area contributed by atoms with Crippen LogP contribution in [0, 0.1) is 11.8 Å². The molecule has 1 saturated carbocycles. The van der Waals surface area contributed by atoms with Crippen LogP contribution in [0.2, 0.25) is 0 Å². The second-order valence-corrected chi connectivity index (χ2v) is 3.92. The Hall–Kier alpha value is -1.06. The lowest BCUT2D eigenvalue weighted by Crippen LogP contribution is -2.37. The van der Waals surface area contributed by atoms with Crippen LogP contribution in [0.4, 0.5) is 4.79 Å². The molecule has 1 amide bonds. The second-order valence-electron chi connectivity index (χ2n) is 3.92. The van der Waals surface area contributed by atoms with Gasteiger partial charge in [0.2, 0.25) is 0 Å². The zero-order valence-electron chi connectivity index (χ0n) is 7.35. The Labute approximate surface area is 76.5 Å². The first-order valence-electron chi connectivity index (χ1n) is 4.69. The third-order valence-corrected chi connectivity index (χ3v) is 3.33. The van der Waals surface area contributed by atoms with E-state index in [2.05, 4.69) is 0 Å². The monoisotopic (exact) mass is 183 g/mol. The number of carbonyl (C=O) groups excluding carboxylic acids is 1. The number of carboxylic acid groups (broad SMARTS) is 1. The van der Waals surface area contributed by atoms with Gasteiger partial charge in [-0.25, -0.2) is 4.79 Å². The van der Waals surface area contributed by atoms with Crippen molar-refractivity contribution in [3.8, 4) is 0 Å². The molecule has 1 N–H and O–H groups in total. The number of nitrogens with zero attached hydrogens (tertiary/aromatic N) is 1. The quantitative estimate of drug-likeness (QED) is 0.616. The van der Waals surface area contributed by atoms with E-state index in [0.717, 1.165) is 25.5 Å². The Kier molecular flexibility index (Phi) is 1.98. The molecule has 0 aromatic heterocycles. The van der Waals surface area contributed by atoms with Gasteiger partial charge in [0.15, 0.2) is 0 Å². The third-order valence-electron chi connectivity index (χ3n) is 3.33. The van der Waals surface area contributed by atoms with E-state index in [1.807, 2.05) is 0 Å². The smallest absolute Gasteiger partial charge is 0.407 e. The van der Waals surface area contributed by atoms with Gasteiger partial charge >= 0.3 is 6.09 Å². The fourth-order valence-electron chi connectivity index (χ4n) is 2.73. The normalized spacial score (nSPS) is 37.5. The molecular formula is C9H13NO3. The van der Waals surface area contributed by atoms with Gasteiger partial charge in [0.05, 0.1) is 6.04 Å². The lowest BCUT2D eigenvalue weighted by Gasteiger charge is -2.19. The molecule has 0 aromatic rings. The molecule has 0 radical (unpaired) electrons. The van der Waals surface area contributed by atoms with Gasteiger partial charge in [-0.1, -0.05) is 6.42 Å². The number of rotatable bonds is 1. The molecule has 0 bridgehead atoms. The molecule has 0 spiro atoms. The van der Waals surface area contributed by atoms with Gasteiger partial charge in [0, 0.05) is 6.54 Å². The molecule has 2 aliphatic rings. The Morgan fingerprint density at radius 1 is 1.46 bits per heavy atom. The standard InChI is InChI=1S/C9H13NO3/c11-5-8-7-3-1-2-6(7)4-10(8)9(12)13/h5-8H,1-4H2,(H,12,13)/t6-,7-,8+/m0/s1. The minimum Gasteiger partial charge on any atom is -0.465 e. The Morgan fingerprint density at radius 2 is 2.23 bits per heavy atom. The maximum Gasteiger partial charge on any atom is 0.407 e. The molecular weight excluding hydrogens is 170 g/mol. The maximum atomic E-state index is 10.8. The van der Waals surface area contributed by atoms with Crippen LogP contribution in [0.3, 0.4) is 0 Å². The average Bonchev–Trinajstić information content (AvgIpc) is 2.60. The van der Waals surface area contributed by atoms with Crippen LogP contribution in [0.15, 0.2) is 0 Å². The highest BCUT2D eigenvalue weighted by molar-refractivity contribution is 5.73. The fraction of sp³-hybridized carbons (Fsp3) is 0.778. The highest BCUT2D eigenvalue weighted by atomic mass is 16.4. The van der Waals surface area contributed by atoms with Crippen molar-refractivity contribution in [3.63, 3.8) is 0 Å². The summed E-state index contributed by atoms with van der Waals surface area (Å²) < 4.78 is 0. The number of carbonyl (C=O) groups is 2. The van der Waals surface area contributed by atoms with E-state index in [0.29, 0.717) is 18.4 Å². The molecule has 1 saturated heterocycles. The number of likely N-dealkylation sites (tertiary alicyclic amines) is 1. The molecule has 72 valence electrons. The molecule has 2 rings (SSSR count). The Bertz CT molecular complexity index is 241. The van der Waals surface area contributed by atoms with E-state index in [9.17, 15) is 9.59 Å². The molecule has 1 aliphatic heterocycles. The molecule has 4 nitrogen and oxygen atoms in total. The summed E-state index contributed by atoms with van der Waals surface area (Å²) in [6.07, 6.45) is 3.08. The zero-order chi connectivity index (χ0) is 9.42. The predicted molar refractivity (Wildman–Crippen MR) is 45.4 cm³/mol. The van der Waals surface area contributed by atoms with Gasteiger partial charge in [0.1, 0.15) is 6.29 Å². The number of amides is 1. The predicted octanol–water partition coefficient (Wildman–Crippen LogP) is 0.964. The van der Waals surface area contributed by atoms with Crippen molar-refractivity contribution in [1.29, 1.82) is 0 Å². The summed E-state index contributed by atoms with van der Waals surface area (Å²) in [6, 6.07) is -0.370. The second kappa shape index (κ2) is 3.01. The molecule has 4 heteroatoms. The van der Waals surface area contributed by atoms with E-state index >= 15 is 0 Å². The van der Waals surface area contributed by atoms with Crippen LogP contribution in [0.25, 0.3) is 0 Å². The van der Waals surface area contributed by atoms with Crippen molar-refractivity contribution < 1.29 is 14.7 Å². The van der Waals surface area contributed by atoms with Crippen LogP contribution < -0.4 is 0 Å². The van der Waals surface area contributed by atoms with Gasteiger partial charge < -0.3 is 9.90 Å². The highest BCUT2D eigenvalue weighted by Gasteiger charge is 2.45. The largest absolute Gasteiger partial charge is 0.465 e. The molecule has 0 unspecified atom stereocenters. The van der Waals surface area contributed by atoms with Crippen molar-refractivity contribution in [1.82, 2.24) is 4.90 Å². The van der Waals surface area contributed by atoms with Crippen LogP contribution in [0.5, 0.6) is 0 Å². The van der Waals surface area contributed by atoms with Crippen molar-refractivity contribution in [2.45, 2.75) is 25.3 Å². The molecule has 1 heterocycles. The molecule has 0 aromatic carbocycles. The first-order valence-corrected chi connectivity index (χ1v) is 4.69. The van der Waals surface area contributed by atoms with E-state index < -0.39 is 6.09 Å². The summed E-state index contributed by atoms with van der Waals surface area (Å²) in [6.45, 7) is 0.559. The zero-order valence-corrected chi connectivity index (χ0v) is 7.35. The number of fused-ring (bicyclic) bond motifs is 1. The first kappa shape index (κ1) is 8.53. The summed E-state index contributed by atoms with van der Waals surface area (Å²) in [5, 5.41) is 8.84. The van der Waals surface area contributed by atoms with Gasteiger partial charge in [-0.2, -0.15) is 0 Å². The lowest BCUT2D eigenvalue weighted by atomic mass is 9.95. The number of hydrogen-bond acceptors (Lipinski definition) is 2. The van der Waals surface area contributed by atoms with Gasteiger partial charge in [-0.05, 0) is 24.7 Å². The van der Waals surface area contributed by atoms with Crippen molar-refractivity contribution in [3.05, 3.63) is 0 Å². The average molecular weight is 183 g/mol. The van der Waals surface area contributed by atoms with E-state index in [-0.39, 0.29) is 6.04 Å². The minimum absolute atomic E-state index is 0.300. The Balaban J connectivity index is 2.17. The fourth-order valence-corrected chi connectivity index (χ4v) is 2.73. The van der Waals surface area contributed by atoms with Crippen LogP contribution in [-0.2, 0) is 4.79 Å². The SMILES string of the molecule is O=C[C@@H]1[C@H]2CCC[C@H]2CN1C(=O)O. The highest BCUT2D eigenvalue weighted by Crippen LogP contribution is 2.41. The minimum atomic E-state index is -0.952. The Morgan fingerprint density at radius 3 is 2.85 bits per heavy atom.